The molecule has 3 N–H and O–H groups in total. The number of nitrogens with zero attached hydrogens (tertiary/aromatic N) is 1. The topological polar surface area (TPSA) is 159 Å². The van der Waals surface area contributed by atoms with Crippen molar-refractivity contribution in [3.05, 3.63) is 106 Å². The molecule has 3 aromatic rings. The molecule has 0 saturated carbocycles. The number of benzene rings is 3. The molecule has 4 unspecified atom stereocenters. The van der Waals surface area contributed by atoms with Crippen LogP contribution >= 0.6 is 0 Å². The first-order valence-corrected chi connectivity index (χ1v) is 21.5. The zero-order valence-electron chi connectivity index (χ0n) is 30.2. The Morgan fingerprint density at radius 3 is 2.42 bits per heavy atom. The number of carbonyl (C=O) groups is 1. The summed E-state index contributed by atoms with van der Waals surface area (Å²) in [5.74, 6) is -1.23. The van der Waals surface area contributed by atoms with Gasteiger partial charge in [-0.15, -0.1) is 0 Å². The van der Waals surface area contributed by atoms with Gasteiger partial charge in [0, 0.05) is 40.5 Å². The fourth-order valence-electron chi connectivity index (χ4n) is 9.42. The Labute approximate surface area is 311 Å². The second-order valence-corrected chi connectivity index (χ2v) is 18.5. The number of ether oxygens (including phenoxy) is 1. The molecule has 0 aromatic heterocycles. The number of rotatable bonds is 10. The SMILES string of the molecule is C=C1C2=CC3=C4N(CCC3OC2CCCc2ccc(S(=O)(=O)O)cc2C1(C)CCCC(=O)O)c1c(ccc2ccccc12)C4(C)CCCCS(=O)(=O)O. The molecule has 0 amide bonds. The minimum atomic E-state index is -4.51. The van der Waals surface area contributed by atoms with Gasteiger partial charge >= 0.3 is 5.97 Å². The zero-order valence-corrected chi connectivity index (χ0v) is 31.8. The molecule has 3 heterocycles. The number of unbranched alkanes of at least 4 members (excludes halogenated alkanes) is 1. The number of aryl methyl sites for hydroxylation is 1. The Hall–Kier alpha value is -3.81. The van der Waals surface area contributed by atoms with Crippen LogP contribution in [0, 0.1) is 0 Å². The van der Waals surface area contributed by atoms with Crippen molar-refractivity contribution >= 4 is 42.7 Å². The first kappa shape index (κ1) is 37.5. The Balaban J connectivity index is 1.41. The van der Waals surface area contributed by atoms with Crippen molar-refractivity contribution in [3.8, 4) is 0 Å². The van der Waals surface area contributed by atoms with E-state index in [4.69, 9.17) is 4.74 Å². The Morgan fingerprint density at radius 2 is 1.68 bits per heavy atom. The quantitative estimate of drug-likeness (QED) is 0.138. The lowest BCUT2D eigenvalue weighted by Gasteiger charge is -2.44. The number of hydrogen-bond acceptors (Lipinski definition) is 7. The fraction of sp³-hybridized carbons (Fsp3) is 0.439. The lowest BCUT2D eigenvalue weighted by molar-refractivity contribution is -0.137. The number of carboxylic acid groups (broad SMARTS) is 1. The number of allylic oxidation sites excluding steroid dienone is 1. The van der Waals surface area contributed by atoms with Crippen molar-refractivity contribution in [1.29, 1.82) is 0 Å². The van der Waals surface area contributed by atoms with Gasteiger partial charge in [-0.1, -0.05) is 62.4 Å². The normalized spacial score (nSPS) is 25.7. The van der Waals surface area contributed by atoms with E-state index in [9.17, 15) is 35.8 Å². The average Bonchev–Trinajstić information content (AvgIpc) is 3.38. The van der Waals surface area contributed by atoms with Crippen LogP contribution in [-0.2, 0) is 47.0 Å². The van der Waals surface area contributed by atoms with Gasteiger partial charge in [-0.25, -0.2) is 0 Å². The highest BCUT2D eigenvalue weighted by Crippen LogP contribution is 2.57. The monoisotopic (exact) mass is 761 g/mol. The molecular formula is C41H47NO9S2. The van der Waals surface area contributed by atoms with Crippen LogP contribution in [0.4, 0.5) is 5.69 Å². The summed E-state index contributed by atoms with van der Waals surface area (Å²) in [6.07, 6.45) is 6.76. The molecule has 10 nitrogen and oxygen atoms in total. The van der Waals surface area contributed by atoms with Crippen LogP contribution in [-0.4, -0.2) is 61.5 Å². The van der Waals surface area contributed by atoms with Crippen LogP contribution in [0.25, 0.3) is 10.8 Å². The molecule has 0 bridgehead atoms. The van der Waals surface area contributed by atoms with Gasteiger partial charge in [-0.3, -0.25) is 13.9 Å². The highest BCUT2D eigenvalue weighted by Gasteiger charge is 2.50. The number of anilines is 1. The lowest BCUT2D eigenvalue weighted by atomic mass is 9.67. The summed E-state index contributed by atoms with van der Waals surface area (Å²) in [6, 6.07) is 17.3. The molecule has 4 atom stereocenters. The van der Waals surface area contributed by atoms with Crippen molar-refractivity contribution in [2.45, 2.75) is 106 Å². The van der Waals surface area contributed by atoms with Crippen molar-refractivity contribution in [1.82, 2.24) is 0 Å². The fourth-order valence-corrected chi connectivity index (χ4v) is 10.5. The van der Waals surface area contributed by atoms with E-state index in [0.717, 1.165) is 69.4 Å². The first-order chi connectivity index (χ1) is 25.0. The van der Waals surface area contributed by atoms with E-state index in [2.05, 4.69) is 48.7 Å². The van der Waals surface area contributed by atoms with Crippen molar-refractivity contribution in [2.24, 2.45) is 0 Å². The van der Waals surface area contributed by atoms with Crippen LogP contribution in [0.1, 0.15) is 88.3 Å². The van der Waals surface area contributed by atoms with Crippen molar-refractivity contribution < 1.29 is 40.6 Å². The van der Waals surface area contributed by atoms with Gasteiger partial charge in [0.15, 0.2) is 0 Å². The molecule has 12 heteroatoms. The minimum Gasteiger partial charge on any atom is -0.481 e. The Kier molecular flexibility index (Phi) is 9.76. The van der Waals surface area contributed by atoms with Gasteiger partial charge in [-0.2, -0.15) is 16.8 Å². The van der Waals surface area contributed by atoms with E-state index in [1.807, 2.05) is 19.1 Å². The molecule has 1 aliphatic carbocycles. The van der Waals surface area contributed by atoms with E-state index in [1.54, 1.807) is 6.07 Å². The predicted molar refractivity (Wildman–Crippen MR) is 204 cm³/mol. The third kappa shape index (κ3) is 6.89. The van der Waals surface area contributed by atoms with Gasteiger partial charge in [0.05, 0.1) is 28.5 Å². The van der Waals surface area contributed by atoms with Crippen LogP contribution in [0.15, 0.2) is 94.6 Å². The molecule has 0 spiro atoms. The molecule has 0 fully saturated rings. The number of hydrogen-bond donors (Lipinski definition) is 3. The summed E-state index contributed by atoms with van der Waals surface area (Å²) >= 11 is 0. The van der Waals surface area contributed by atoms with Crippen LogP contribution in [0.3, 0.4) is 0 Å². The summed E-state index contributed by atoms with van der Waals surface area (Å²) in [7, 11) is -8.61. The molecule has 3 aromatic carbocycles. The summed E-state index contributed by atoms with van der Waals surface area (Å²) in [6.45, 7) is 9.62. The van der Waals surface area contributed by atoms with E-state index in [1.165, 1.54) is 12.1 Å². The maximum Gasteiger partial charge on any atom is 0.303 e. The summed E-state index contributed by atoms with van der Waals surface area (Å²) in [4.78, 5) is 13.9. The molecule has 4 aliphatic rings. The van der Waals surface area contributed by atoms with E-state index in [0.29, 0.717) is 50.5 Å². The summed E-state index contributed by atoms with van der Waals surface area (Å²) in [5, 5.41) is 11.8. The standard InChI is InChI=1S/C41H47NO9S2/c1-26-31-25-32-36(51-35(31)13-8-11-28-15-17-29(53(48,49)50)24-34(28)40(26,2)21-9-14-37(43)44)19-22-42-38-30-12-5-4-10-27(30)16-18-33(38)41(3,39(32)42)20-6-7-23-52(45,46)47/h4-5,10,12,15-18,24-25,35-36H,1,6-9,11,13-14,19-23H2,2-3H3,(H,43,44)(H,45,46,47)(H,48,49,50). The minimum absolute atomic E-state index is 0.0658. The molecular weight excluding hydrogens is 715 g/mol. The Bertz CT molecular complexity index is 2290. The maximum absolute atomic E-state index is 12.4. The van der Waals surface area contributed by atoms with Crippen molar-refractivity contribution in [2.75, 3.05) is 17.2 Å². The number of aliphatic carboxylic acids is 1. The van der Waals surface area contributed by atoms with Crippen molar-refractivity contribution in [3.63, 3.8) is 0 Å². The van der Waals surface area contributed by atoms with Gasteiger partial charge in [0.25, 0.3) is 20.2 Å². The molecule has 7 rings (SSSR count). The second-order valence-electron chi connectivity index (χ2n) is 15.5. The van der Waals surface area contributed by atoms with E-state index in [-0.39, 0.29) is 29.3 Å². The molecule has 282 valence electrons. The van der Waals surface area contributed by atoms with Gasteiger partial charge in [-0.05, 0) is 110 Å². The largest absolute Gasteiger partial charge is 0.481 e. The van der Waals surface area contributed by atoms with Gasteiger partial charge in [0.2, 0.25) is 0 Å². The molecule has 3 aliphatic heterocycles. The van der Waals surface area contributed by atoms with Crippen LogP contribution in [0.2, 0.25) is 0 Å². The predicted octanol–water partition coefficient (Wildman–Crippen LogP) is 7.68. The maximum atomic E-state index is 12.4. The van der Waals surface area contributed by atoms with Gasteiger partial charge in [0.1, 0.15) is 0 Å². The molecule has 0 radical (unpaired) electrons. The lowest BCUT2D eigenvalue weighted by Crippen LogP contribution is -2.43. The highest BCUT2D eigenvalue weighted by molar-refractivity contribution is 7.86. The average molecular weight is 762 g/mol. The first-order valence-electron chi connectivity index (χ1n) is 18.4. The second kappa shape index (κ2) is 13.8. The summed E-state index contributed by atoms with van der Waals surface area (Å²) in [5.41, 5.74) is 6.28. The number of fused-ring (bicyclic) bond motifs is 8. The Morgan fingerprint density at radius 1 is 0.925 bits per heavy atom. The molecule has 53 heavy (non-hydrogen) atoms. The summed E-state index contributed by atoms with van der Waals surface area (Å²) < 4.78 is 74.6. The van der Waals surface area contributed by atoms with E-state index < -0.39 is 37.0 Å². The van der Waals surface area contributed by atoms with Gasteiger partial charge < -0.3 is 14.7 Å². The van der Waals surface area contributed by atoms with E-state index >= 15 is 0 Å². The van der Waals surface area contributed by atoms with Crippen LogP contribution < -0.4 is 4.90 Å². The number of carboxylic acids is 1. The van der Waals surface area contributed by atoms with Crippen LogP contribution in [0.5, 0.6) is 0 Å². The third-order valence-electron chi connectivity index (χ3n) is 12.1. The smallest absolute Gasteiger partial charge is 0.303 e. The molecule has 0 saturated heterocycles. The zero-order chi connectivity index (χ0) is 37.9. The highest BCUT2D eigenvalue weighted by atomic mass is 32.2. The third-order valence-corrected chi connectivity index (χ3v) is 13.7.